The van der Waals surface area contributed by atoms with E-state index in [9.17, 15) is 0 Å². The van der Waals surface area contributed by atoms with Crippen molar-refractivity contribution in [2.45, 2.75) is 12.8 Å². The minimum absolute atomic E-state index is 0.0186. The van der Waals surface area contributed by atoms with E-state index in [4.69, 9.17) is 0 Å². The molecule has 0 spiro atoms. The van der Waals surface area contributed by atoms with Crippen molar-refractivity contribution in [1.29, 1.82) is 0 Å². The number of benzene rings is 2. The molecule has 3 rings (SSSR count). The van der Waals surface area contributed by atoms with Crippen LogP contribution in [0.15, 0.2) is 85.0 Å². The Morgan fingerprint density at radius 3 is 1.32 bits per heavy atom. The molecule has 0 atom stereocenters. The van der Waals surface area contributed by atoms with Gasteiger partial charge in [0.2, 0.25) is 0 Å². The number of hydrogen-bond acceptors (Lipinski definition) is 0. The van der Waals surface area contributed by atoms with Gasteiger partial charge in [0.25, 0.3) is 0 Å². The molecule has 1 aliphatic carbocycles. The van der Waals surface area contributed by atoms with Crippen LogP contribution in [0.5, 0.6) is 0 Å². The SMILES string of the molecule is C1=CCCC=C1.c1cc[c]([Pt][c]2ccccc2)cc1. The van der Waals surface area contributed by atoms with Gasteiger partial charge in [-0.05, 0) is 12.8 Å². The number of rotatable bonds is 2. The van der Waals surface area contributed by atoms with Gasteiger partial charge in [-0.15, -0.1) is 0 Å². The Labute approximate surface area is 124 Å². The van der Waals surface area contributed by atoms with E-state index in [0.717, 1.165) is 0 Å². The molecule has 0 amide bonds. The second kappa shape index (κ2) is 8.67. The Kier molecular flexibility index (Phi) is 6.40. The molecule has 0 saturated carbocycles. The van der Waals surface area contributed by atoms with Gasteiger partial charge < -0.3 is 0 Å². The van der Waals surface area contributed by atoms with E-state index >= 15 is 0 Å². The standard InChI is InChI=1S/C6H8.2C6H5.Pt/c3*1-2-4-6-5-3-1;/h1-4H,5-6H2;2*1-5H;. The van der Waals surface area contributed by atoms with Crippen LogP contribution in [0.2, 0.25) is 0 Å². The summed E-state index contributed by atoms with van der Waals surface area (Å²) in [5, 5.41) is 0. The summed E-state index contributed by atoms with van der Waals surface area (Å²) in [4.78, 5) is 0. The summed E-state index contributed by atoms with van der Waals surface area (Å²) < 4.78 is 2.96. The van der Waals surface area contributed by atoms with Crippen molar-refractivity contribution in [3.8, 4) is 0 Å². The molecule has 0 heterocycles. The fourth-order valence-electron chi connectivity index (χ4n) is 1.56. The van der Waals surface area contributed by atoms with Crippen LogP contribution >= 0.6 is 0 Å². The van der Waals surface area contributed by atoms with Crippen LogP contribution in [0.1, 0.15) is 12.8 Å². The summed E-state index contributed by atoms with van der Waals surface area (Å²) in [6.07, 6.45) is 11.0. The Hall–Kier alpha value is -1.39. The maximum atomic E-state index is 2.21. The van der Waals surface area contributed by atoms with E-state index in [1.807, 2.05) is 0 Å². The van der Waals surface area contributed by atoms with Gasteiger partial charge in [0.15, 0.2) is 0 Å². The molecule has 0 nitrogen and oxygen atoms in total. The van der Waals surface area contributed by atoms with Crippen molar-refractivity contribution in [1.82, 2.24) is 0 Å². The van der Waals surface area contributed by atoms with Crippen LogP contribution in [0.3, 0.4) is 0 Å². The first-order chi connectivity index (χ1) is 9.45. The van der Waals surface area contributed by atoms with E-state index < -0.39 is 0 Å². The molecule has 0 fully saturated rings. The van der Waals surface area contributed by atoms with Crippen molar-refractivity contribution in [3.05, 3.63) is 85.0 Å². The fourth-order valence-corrected chi connectivity index (χ4v) is 3.95. The first kappa shape index (κ1) is 14.0. The summed E-state index contributed by atoms with van der Waals surface area (Å²) in [5.74, 6) is 0. The summed E-state index contributed by atoms with van der Waals surface area (Å²) in [6.45, 7) is 0. The minimum atomic E-state index is 0.0186. The van der Waals surface area contributed by atoms with E-state index in [2.05, 4.69) is 85.0 Å². The van der Waals surface area contributed by atoms with Crippen LogP contribution < -0.4 is 7.91 Å². The van der Waals surface area contributed by atoms with Crippen LogP contribution in [-0.2, 0) is 18.6 Å². The van der Waals surface area contributed by atoms with Crippen LogP contribution in [0.4, 0.5) is 0 Å². The topological polar surface area (TPSA) is 0 Å². The third-order valence-electron chi connectivity index (χ3n) is 2.49. The van der Waals surface area contributed by atoms with Crippen molar-refractivity contribution in [2.24, 2.45) is 0 Å². The van der Waals surface area contributed by atoms with Gasteiger partial charge >= 0.3 is 87.1 Å². The van der Waals surface area contributed by atoms with Crippen molar-refractivity contribution < 1.29 is 18.6 Å². The Balaban J connectivity index is 0.000000186. The first-order valence-corrected chi connectivity index (χ1v) is 8.73. The van der Waals surface area contributed by atoms with E-state index in [1.165, 1.54) is 20.7 Å². The molecule has 0 aromatic heterocycles. The van der Waals surface area contributed by atoms with Crippen LogP contribution in [-0.4, -0.2) is 0 Å². The predicted molar refractivity (Wildman–Crippen MR) is 79.7 cm³/mol. The fraction of sp³-hybridized carbons (Fsp3) is 0.111. The first-order valence-electron chi connectivity index (χ1n) is 6.45. The second-order valence-corrected chi connectivity index (χ2v) is 7.22. The van der Waals surface area contributed by atoms with Gasteiger partial charge in [-0.2, -0.15) is 0 Å². The Bertz CT molecular complexity index is 462. The average molecular weight is 429 g/mol. The normalized spacial score (nSPS) is 12.8. The molecular weight excluding hydrogens is 411 g/mol. The zero-order valence-electron chi connectivity index (χ0n) is 10.8. The molecule has 2 aromatic rings. The van der Waals surface area contributed by atoms with Gasteiger partial charge in [0.05, 0.1) is 0 Å². The molecule has 0 saturated heterocycles. The zero-order chi connectivity index (χ0) is 13.2. The van der Waals surface area contributed by atoms with Gasteiger partial charge in [0.1, 0.15) is 0 Å². The van der Waals surface area contributed by atoms with Gasteiger partial charge in [-0.25, -0.2) is 0 Å². The molecule has 0 bridgehead atoms. The van der Waals surface area contributed by atoms with Crippen molar-refractivity contribution in [3.63, 3.8) is 0 Å². The van der Waals surface area contributed by atoms with E-state index in [0.29, 0.717) is 0 Å². The van der Waals surface area contributed by atoms with E-state index in [-0.39, 0.29) is 18.6 Å². The Morgan fingerprint density at radius 2 is 1.00 bits per heavy atom. The molecule has 0 unspecified atom stereocenters. The zero-order valence-corrected chi connectivity index (χ0v) is 13.1. The van der Waals surface area contributed by atoms with Crippen molar-refractivity contribution >= 4 is 7.91 Å². The molecule has 0 aliphatic heterocycles. The van der Waals surface area contributed by atoms with Crippen LogP contribution in [0.25, 0.3) is 0 Å². The molecule has 0 radical (unpaired) electrons. The molecule has 1 heteroatoms. The third kappa shape index (κ3) is 5.85. The molecule has 1 aliphatic rings. The summed E-state index contributed by atoms with van der Waals surface area (Å²) in [6, 6.07) is 21.4. The van der Waals surface area contributed by atoms with E-state index in [1.54, 1.807) is 0 Å². The third-order valence-corrected chi connectivity index (χ3v) is 5.32. The predicted octanol–water partition coefficient (Wildman–Crippen LogP) is 3.61. The summed E-state index contributed by atoms with van der Waals surface area (Å²) in [7, 11) is 0. The summed E-state index contributed by atoms with van der Waals surface area (Å²) in [5.41, 5.74) is 0. The quantitative estimate of drug-likeness (QED) is 0.684. The van der Waals surface area contributed by atoms with Gasteiger partial charge in [-0.3, -0.25) is 0 Å². The van der Waals surface area contributed by atoms with Crippen LogP contribution in [0, 0.1) is 0 Å². The van der Waals surface area contributed by atoms with Crippen molar-refractivity contribution in [2.75, 3.05) is 0 Å². The monoisotopic (exact) mass is 429 g/mol. The molecule has 19 heavy (non-hydrogen) atoms. The molecular formula is C18H18Pt. The average Bonchev–Trinajstić information content (AvgIpc) is 2.52. The second-order valence-electron chi connectivity index (χ2n) is 4.03. The molecule has 0 N–H and O–H groups in total. The number of allylic oxidation sites excluding steroid dienone is 4. The number of hydrogen-bond donors (Lipinski definition) is 0. The Morgan fingerprint density at radius 1 is 0.579 bits per heavy atom. The van der Waals surface area contributed by atoms with Gasteiger partial charge in [0, 0.05) is 0 Å². The van der Waals surface area contributed by atoms with Gasteiger partial charge in [-0.1, -0.05) is 24.3 Å². The maximum absolute atomic E-state index is 2.21. The molecule has 2 aromatic carbocycles. The molecule has 100 valence electrons. The summed E-state index contributed by atoms with van der Waals surface area (Å²) >= 11 is 0.0186.